The second-order valence-corrected chi connectivity index (χ2v) is 1.99. The Morgan fingerprint density at radius 1 is 1.12 bits per heavy atom. The third-order valence-corrected chi connectivity index (χ3v) is 1.56. The molecule has 1 heteroatoms. The first-order valence-electron chi connectivity index (χ1n) is 3.08. The van der Waals surface area contributed by atoms with E-state index in [0.717, 1.165) is 24.0 Å². The van der Waals surface area contributed by atoms with Crippen molar-refractivity contribution in [3.8, 4) is 0 Å². The van der Waals surface area contributed by atoms with E-state index in [0.29, 0.717) is 5.43 Å². The molecular formula is C7H10O. The molecule has 0 radical (unpaired) electrons. The van der Waals surface area contributed by atoms with Crippen LogP contribution in [0.2, 0.25) is 0 Å². The largest absolute Gasteiger partial charge is 0.289 e. The summed E-state index contributed by atoms with van der Waals surface area (Å²) in [5, 5.41) is 0. The molecule has 0 aliphatic carbocycles. The van der Waals surface area contributed by atoms with Crippen LogP contribution in [0.15, 0.2) is 4.79 Å². The van der Waals surface area contributed by atoms with E-state index < -0.39 is 0 Å². The zero-order chi connectivity index (χ0) is 6.15. The predicted molar refractivity (Wildman–Crippen MR) is 33.8 cm³/mol. The highest BCUT2D eigenvalue weighted by molar-refractivity contribution is 5.38. The van der Waals surface area contributed by atoms with Crippen LogP contribution < -0.4 is 5.43 Å². The Labute approximate surface area is 49.0 Å². The van der Waals surface area contributed by atoms with Crippen LogP contribution in [0.1, 0.15) is 25.0 Å². The number of rotatable bonds is 2. The number of hydrogen-bond donors (Lipinski definition) is 0. The Morgan fingerprint density at radius 2 is 1.50 bits per heavy atom. The molecule has 0 heterocycles. The van der Waals surface area contributed by atoms with Crippen LogP contribution in [0.3, 0.4) is 0 Å². The smallest absolute Gasteiger partial charge is 0.185 e. The van der Waals surface area contributed by atoms with Crippen molar-refractivity contribution in [3.63, 3.8) is 0 Å². The fourth-order valence-electron chi connectivity index (χ4n) is 0.996. The van der Waals surface area contributed by atoms with Crippen LogP contribution in [0, 0.1) is 0 Å². The molecule has 0 saturated heterocycles. The molecule has 0 saturated carbocycles. The van der Waals surface area contributed by atoms with Gasteiger partial charge in [-0.3, -0.25) is 4.79 Å². The van der Waals surface area contributed by atoms with E-state index in [1.165, 1.54) is 0 Å². The van der Waals surface area contributed by atoms with Gasteiger partial charge in [-0.25, -0.2) is 0 Å². The highest BCUT2D eigenvalue weighted by Gasteiger charge is 2.16. The molecule has 0 atom stereocenters. The Kier molecular flexibility index (Phi) is 1.20. The lowest BCUT2D eigenvalue weighted by Gasteiger charge is -1.72. The molecule has 0 aliphatic rings. The van der Waals surface area contributed by atoms with Gasteiger partial charge in [0.15, 0.2) is 5.43 Å². The molecule has 0 aliphatic heterocycles. The average molecular weight is 110 g/mol. The first kappa shape index (κ1) is 5.54. The van der Waals surface area contributed by atoms with Gasteiger partial charge in [-0.05, 0) is 12.8 Å². The van der Waals surface area contributed by atoms with Crippen LogP contribution in [0.5, 0.6) is 0 Å². The molecule has 1 aromatic rings. The first-order chi connectivity index (χ1) is 3.81. The van der Waals surface area contributed by atoms with Crippen molar-refractivity contribution in [1.82, 2.24) is 0 Å². The van der Waals surface area contributed by atoms with E-state index in [-0.39, 0.29) is 0 Å². The summed E-state index contributed by atoms with van der Waals surface area (Å²) in [6.07, 6.45) is 1.87. The lowest BCUT2D eigenvalue weighted by atomic mass is 10.3. The Balaban J connectivity index is 2.70. The third-order valence-electron chi connectivity index (χ3n) is 1.56. The molecule has 1 aromatic carbocycles. The normalized spacial score (nSPS) is 10.8. The standard InChI is InChI=1S/C7H10O/c1-3-5-6(4-2)7(5)8/h3-4H2,1-2H3. The zero-order valence-electron chi connectivity index (χ0n) is 5.32. The van der Waals surface area contributed by atoms with Crippen molar-refractivity contribution in [2.24, 2.45) is 0 Å². The maximum absolute atomic E-state index is 10.6. The van der Waals surface area contributed by atoms with Gasteiger partial charge in [0.05, 0.1) is 0 Å². The van der Waals surface area contributed by atoms with Gasteiger partial charge in [-0.15, -0.1) is 0 Å². The van der Waals surface area contributed by atoms with E-state index in [4.69, 9.17) is 0 Å². The lowest BCUT2D eigenvalue weighted by Crippen LogP contribution is -1.78. The topological polar surface area (TPSA) is 17.1 Å². The van der Waals surface area contributed by atoms with Crippen LogP contribution >= 0.6 is 0 Å². The fourth-order valence-corrected chi connectivity index (χ4v) is 0.996. The average Bonchev–Trinajstić information content (AvgIpc) is 2.40. The van der Waals surface area contributed by atoms with Crippen molar-refractivity contribution < 1.29 is 0 Å². The molecule has 0 amide bonds. The highest BCUT2D eigenvalue weighted by Crippen LogP contribution is 2.08. The fraction of sp³-hybridized carbons (Fsp3) is 0.571. The molecule has 0 spiro atoms. The van der Waals surface area contributed by atoms with Gasteiger partial charge in [-0.2, -0.15) is 0 Å². The minimum Gasteiger partial charge on any atom is -0.289 e. The van der Waals surface area contributed by atoms with Crippen LogP contribution in [0.25, 0.3) is 0 Å². The minimum atomic E-state index is 0.329. The summed E-state index contributed by atoms with van der Waals surface area (Å²) >= 11 is 0. The van der Waals surface area contributed by atoms with E-state index in [1.54, 1.807) is 0 Å². The summed E-state index contributed by atoms with van der Waals surface area (Å²) in [6.45, 7) is 4.05. The molecule has 44 valence electrons. The molecule has 0 bridgehead atoms. The molecule has 0 unspecified atom stereocenters. The summed E-state index contributed by atoms with van der Waals surface area (Å²) in [5.41, 5.74) is 2.48. The molecule has 8 heavy (non-hydrogen) atoms. The monoisotopic (exact) mass is 110 g/mol. The molecule has 1 nitrogen and oxygen atoms in total. The van der Waals surface area contributed by atoms with Crippen molar-refractivity contribution in [2.45, 2.75) is 26.7 Å². The molecule has 1 rings (SSSR count). The van der Waals surface area contributed by atoms with Gasteiger partial charge >= 0.3 is 0 Å². The summed E-state index contributed by atoms with van der Waals surface area (Å²) in [7, 11) is 0. The van der Waals surface area contributed by atoms with E-state index in [9.17, 15) is 4.79 Å². The minimum absolute atomic E-state index is 0.329. The predicted octanol–water partition coefficient (Wildman–Crippen LogP) is 1.05. The third kappa shape index (κ3) is 0.585. The number of hydrogen-bond acceptors (Lipinski definition) is 1. The van der Waals surface area contributed by atoms with Crippen LogP contribution in [0.4, 0.5) is 0 Å². The maximum Gasteiger partial charge on any atom is 0.185 e. The second-order valence-electron chi connectivity index (χ2n) is 1.99. The van der Waals surface area contributed by atoms with Gasteiger partial charge in [0.1, 0.15) is 0 Å². The lowest BCUT2D eigenvalue weighted by molar-refractivity contribution is 1.13. The highest BCUT2D eigenvalue weighted by atomic mass is 16.1. The molecule has 0 fully saturated rings. The summed E-state index contributed by atoms with van der Waals surface area (Å²) in [4.78, 5) is 10.6. The Hall–Kier alpha value is -0.590. The van der Waals surface area contributed by atoms with Gasteiger partial charge in [0.25, 0.3) is 0 Å². The van der Waals surface area contributed by atoms with E-state index in [1.807, 2.05) is 13.8 Å². The summed E-state index contributed by atoms with van der Waals surface area (Å²) < 4.78 is 0. The zero-order valence-corrected chi connectivity index (χ0v) is 5.32. The Morgan fingerprint density at radius 3 is 1.62 bits per heavy atom. The molecular weight excluding hydrogens is 100 g/mol. The summed E-state index contributed by atoms with van der Waals surface area (Å²) in [5.74, 6) is 0. The van der Waals surface area contributed by atoms with Gasteiger partial charge in [0.2, 0.25) is 0 Å². The molecule has 0 aromatic heterocycles. The van der Waals surface area contributed by atoms with Crippen molar-refractivity contribution >= 4 is 0 Å². The van der Waals surface area contributed by atoms with Gasteiger partial charge < -0.3 is 0 Å². The van der Waals surface area contributed by atoms with Crippen molar-refractivity contribution in [2.75, 3.05) is 0 Å². The summed E-state index contributed by atoms with van der Waals surface area (Å²) in [6, 6.07) is 0. The van der Waals surface area contributed by atoms with Gasteiger partial charge in [-0.1, -0.05) is 13.8 Å². The van der Waals surface area contributed by atoms with E-state index in [2.05, 4.69) is 0 Å². The second kappa shape index (κ2) is 1.73. The van der Waals surface area contributed by atoms with Crippen LogP contribution in [-0.2, 0) is 12.8 Å². The molecule has 0 N–H and O–H groups in total. The SMILES string of the molecule is CCc1c(CC)c1=O. The first-order valence-corrected chi connectivity index (χ1v) is 3.08. The maximum atomic E-state index is 10.6. The van der Waals surface area contributed by atoms with Crippen molar-refractivity contribution in [1.29, 1.82) is 0 Å². The quantitative estimate of drug-likeness (QED) is 0.556. The van der Waals surface area contributed by atoms with Crippen LogP contribution in [-0.4, -0.2) is 0 Å². The van der Waals surface area contributed by atoms with Gasteiger partial charge in [0, 0.05) is 11.1 Å². The van der Waals surface area contributed by atoms with Crippen molar-refractivity contribution in [3.05, 3.63) is 21.4 Å². The Bertz CT molecular complexity index is 172. The van der Waals surface area contributed by atoms with E-state index >= 15 is 0 Å².